The Balaban J connectivity index is 3.02. The molecule has 0 aliphatic heterocycles. The third-order valence-corrected chi connectivity index (χ3v) is 4.87. The molecule has 0 saturated heterocycles. The van der Waals surface area contributed by atoms with E-state index < -0.39 is 72.5 Å². The third-order valence-electron chi connectivity index (χ3n) is 4.51. The van der Waals surface area contributed by atoms with E-state index in [1.54, 1.807) is 30.3 Å². The summed E-state index contributed by atoms with van der Waals surface area (Å²) < 4.78 is 0. The number of carbonyl (C=O) groups is 6. The molecule has 4 atom stereocenters. The van der Waals surface area contributed by atoms with Gasteiger partial charge < -0.3 is 38.3 Å². The van der Waals surface area contributed by atoms with Crippen molar-refractivity contribution in [2.75, 3.05) is 5.75 Å². The Hall–Kier alpha value is -3.65. The molecule has 0 aliphatic carbocycles. The average molecular weight is 497 g/mol. The van der Waals surface area contributed by atoms with Crippen molar-refractivity contribution in [3.8, 4) is 0 Å². The van der Waals surface area contributed by atoms with Crippen molar-refractivity contribution in [3.63, 3.8) is 0 Å². The lowest BCUT2D eigenvalue weighted by Crippen LogP contribution is -2.58. The molecule has 0 bridgehead atoms. The highest BCUT2D eigenvalue weighted by molar-refractivity contribution is 7.80. The highest BCUT2D eigenvalue weighted by Gasteiger charge is 2.30. The van der Waals surface area contributed by atoms with Gasteiger partial charge in [0.2, 0.25) is 29.5 Å². The van der Waals surface area contributed by atoms with Crippen LogP contribution in [0.2, 0.25) is 0 Å². The van der Waals surface area contributed by atoms with Gasteiger partial charge >= 0.3 is 5.97 Å². The van der Waals surface area contributed by atoms with Gasteiger partial charge in [0, 0.05) is 12.2 Å². The number of hydrogen-bond donors (Lipinski definition) is 8. The first-order valence-corrected chi connectivity index (χ1v) is 10.7. The molecular weight excluding hydrogens is 468 g/mol. The van der Waals surface area contributed by atoms with Crippen molar-refractivity contribution >= 4 is 48.1 Å². The van der Waals surface area contributed by atoms with Crippen LogP contribution in [0.25, 0.3) is 0 Å². The normalized spacial score (nSPS) is 14.1. The topological polar surface area (TPSA) is 237 Å². The molecule has 34 heavy (non-hydrogen) atoms. The third kappa shape index (κ3) is 9.87. The number of hydrogen-bond acceptors (Lipinski definition) is 8. The van der Waals surface area contributed by atoms with E-state index in [4.69, 9.17) is 17.2 Å². The summed E-state index contributed by atoms with van der Waals surface area (Å²) in [6.45, 7) is 0. The second kappa shape index (κ2) is 13.8. The Bertz CT molecular complexity index is 914. The van der Waals surface area contributed by atoms with Crippen molar-refractivity contribution in [3.05, 3.63) is 35.9 Å². The molecule has 0 aliphatic rings. The van der Waals surface area contributed by atoms with Gasteiger partial charge in [-0.3, -0.25) is 24.0 Å². The Morgan fingerprint density at radius 2 is 1.29 bits per heavy atom. The van der Waals surface area contributed by atoms with E-state index >= 15 is 0 Å². The molecule has 10 N–H and O–H groups in total. The number of nitrogens with one attached hydrogen (secondary N) is 3. The number of rotatable bonds is 14. The standard InChI is InChI=1S/C20H28N6O7S/c21-11(7-15(22)27)17(29)26-14(9-34)19(31)24-12(6-10-4-2-1-3-5-10)18(30)25-13(20(32)33)8-16(23)28/h1-5,11-14,34H,6-9,21H2,(H2,22,27)(H2,23,28)(H,24,31)(H,25,30)(H,26,29)(H,32,33). The van der Waals surface area contributed by atoms with Crippen LogP contribution >= 0.6 is 12.6 Å². The maximum Gasteiger partial charge on any atom is 0.326 e. The first kappa shape index (κ1) is 28.4. The smallest absolute Gasteiger partial charge is 0.326 e. The highest BCUT2D eigenvalue weighted by Crippen LogP contribution is 2.06. The Morgan fingerprint density at radius 1 is 0.794 bits per heavy atom. The second-order valence-corrected chi connectivity index (χ2v) is 7.71. The molecule has 186 valence electrons. The molecule has 1 aromatic rings. The average Bonchev–Trinajstić information content (AvgIpc) is 2.75. The zero-order valence-corrected chi connectivity index (χ0v) is 19.0. The highest BCUT2D eigenvalue weighted by atomic mass is 32.1. The molecular formula is C20H28N6O7S. The first-order chi connectivity index (χ1) is 15.9. The van der Waals surface area contributed by atoms with Gasteiger partial charge in [-0.2, -0.15) is 12.6 Å². The summed E-state index contributed by atoms with van der Waals surface area (Å²) in [6.07, 6.45) is -1.13. The zero-order valence-electron chi connectivity index (χ0n) is 18.1. The molecule has 5 amide bonds. The number of nitrogens with two attached hydrogens (primary N) is 3. The molecule has 4 unspecified atom stereocenters. The predicted molar refractivity (Wildman–Crippen MR) is 123 cm³/mol. The van der Waals surface area contributed by atoms with E-state index in [0.717, 1.165) is 0 Å². The van der Waals surface area contributed by atoms with Crippen LogP contribution in [0.15, 0.2) is 30.3 Å². The van der Waals surface area contributed by atoms with Crippen LogP contribution in [0.1, 0.15) is 18.4 Å². The number of carboxylic acids is 1. The van der Waals surface area contributed by atoms with Crippen LogP contribution in [-0.4, -0.2) is 70.5 Å². The number of aliphatic carboxylic acids is 1. The van der Waals surface area contributed by atoms with Crippen molar-refractivity contribution in [1.82, 2.24) is 16.0 Å². The SMILES string of the molecule is NC(=O)CC(N)C(=O)NC(CS)C(=O)NC(Cc1ccccc1)C(=O)NC(CC(N)=O)C(=O)O. The fourth-order valence-corrected chi connectivity index (χ4v) is 3.04. The molecule has 0 heterocycles. The van der Waals surface area contributed by atoms with Gasteiger partial charge in [0.15, 0.2) is 0 Å². The quantitative estimate of drug-likeness (QED) is 0.122. The lowest BCUT2D eigenvalue weighted by atomic mass is 10.0. The lowest BCUT2D eigenvalue weighted by molar-refractivity contribution is -0.143. The summed E-state index contributed by atoms with van der Waals surface area (Å²) in [6, 6.07) is 3.12. The maximum absolute atomic E-state index is 12.8. The molecule has 0 radical (unpaired) electrons. The number of carboxylic acid groups (broad SMARTS) is 1. The summed E-state index contributed by atoms with van der Waals surface area (Å²) in [5.74, 6) is -5.95. The van der Waals surface area contributed by atoms with Crippen molar-refractivity contribution in [2.45, 2.75) is 43.4 Å². The van der Waals surface area contributed by atoms with Gasteiger partial charge in [0.05, 0.1) is 18.9 Å². The molecule has 14 heteroatoms. The molecule has 0 spiro atoms. The minimum Gasteiger partial charge on any atom is -0.480 e. The van der Waals surface area contributed by atoms with Crippen LogP contribution in [0.5, 0.6) is 0 Å². The van der Waals surface area contributed by atoms with E-state index in [0.29, 0.717) is 5.56 Å². The summed E-state index contributed by atoms with van der Waals surface area (Å²) in [4.78, 5) is 71.2. The van der Waals surface area contributed by atoms with Gasteiger partial charge in [0.1, 0.15) is 18.1 Å². The van der Waals surface area contributed by atoms with E-state index in [2.05, 4.69) is 28.6 Å². The van der Waals surface area contributed by atoms with E-state index in [9.17, 15) is 33.9 Å². The monoisotopic (exact) mass is 496 g/mol. The van der Waals surface area contributed by atoms with E-state index in [1.165, 1.54) is 0 Å². The molecule has 1 aromatic carbocycles. The summed E-state index contributed by atoms with van der Waals surface area (Å²) in [7, 11) is 0. The summed E-state index contributed by atoms with van der Waals surface area (Å²) in [5, 5.41) is 16.2. The van der Waals surface area contributed by atoms with Gasteiger partial charge in [0.25, 0.3) is 0 Å². The second-order valence-electron chi connectivity index (χ2n) is 7.34. The minimum absolute atomic E-state index is 0.0320. The molecule has 0 fully saturated rings. The van der Waals surface area contributed by atoms with Crippen molar-refractivity contribution < 1.29 is 33.9 Å². The first-order valence-electron chi connectivity index (χ1n) is 10.1. The molecule has 0 saturated carbocycles. The molecule has 0 aromatic heterocycles. The fourth-order valence-electron chi connectivity index (χ4n) is 2.79. The predicted octanol–water partition coefficient (Wildman–Crippen LogP) is -3.22. The van der Waals surface area contributed by atoms with Crippen molar-refractivity contribution in [1.29, 1.82) is 0 Å². The minimum atomic E-state index is -1.60. The Labute approximate surface area is 200 Å². The number of carbonyl (C=O) groups excluding carboxylic acids is 5. The fraction of sp³-hybridized carbons (Fsp3) is 0.400. The molecule has 13 nitrogen and oxygen atoms in total. The van der Waals surface area contributed by atoms with Crippen LogP contribution < -0.4 is 33.2 Å². The number of benzene rings is 1. The van der Waals surface area contributed by atoms with Crippen LogP contribution in [-0.2, 0) is 35.2 Å². The number of thiol groups is 1. The number of primary amides is 2. The number of amides is 5. The van der Waals surface area contributed by atoms with Crippen LogP contribution in [0.3, 0.4) is 0 Å². The van der Waals surface area contributed by atoms with Gasteiger partial charge in [-0.1, -0.05) is 30.3 Å². The maximum atomic E-state index is 12.8. The van der Waals surface area contributed by atoms with E-state index in [1.807, 2.05) is 0 Å². The molecule has 1 rings (SSSR count). The Morgan fingerprint density at radius 3 is 1.79 bits per heavy atom. The Kier molecular flexibility index (Phi) is 11.5. The van der Waals surface area contributed by atoms with Crippen molar-refractivity contribution in [2.24, 2.45) is 17.2 Å². The van der Waals surface area contributed by atoms with Crippen LogP contribution in [0.4, 0.5) is 0 Å². The largest absolute Gasteiger partial charge is 0.480 e. The van der Waals surface area contributed by atoms with E-state index in [-0.39, 0.29) is 12.2 Å². The van der Waals surface area contributed by atoms with Crippen LogP contribution in [0, 0.1) is 0 Å². The van der Waals surface area contributed by atoms with Gasteiger partial charge in [-0.15, -0.1) is 0 Å². The van der Waals surface area contributed by atoms with Gasteiger partial charge in [-0.25, -0.2) is 4.79 Å². The summed E-state index contributed by atoms with van der Waals surface area (Å²) >= 11 is 4.02. The van der Waals surface area contributed by atoms with Gasteiger partial charge in [-0.05, 0) is 5.56 Å². The summed E-state index contributed by atoms with van der Waals surface area (Å²) in [5.41, 5.74) is 16.3. The lowest BCUT2D eigenvalue weighted by Gasteiger charge is -2.24. The zero-order chi connectivity index (χ0) is 25.8.